The van der Waals surface area contributed by atoms with Crippen molar-refractivity contribution in [3.8, 4) is 0 Å². The topological polar surface area (TPSA) is 104 Å². The van der Waals surface area contributed by atoms with Gasteiger partial charge in [-0.15, -0.1) is 0 Å². The highest BCUT2D eigenvalue weighted by atomic mass is 32.2. The molecule has 1 aliphatic heterocycles. The number of carboxylic acid groups (broad SMARTS) is 1. The first-order chi connectivity index (χ1) is 9.34. The van der Waals surface area contributed by atoms with Gasteiger partial charge in [0.2, 0.25) is 5.91 Å². The molecule has 2 fully saturated rings. The Bertz CT molecular complexity index is 486. The van der Waals surface area contributed by atoms with E-state index in [1.807, 2.05) is 0 Å². The van der Waals surface area contributed by atoms with Crippen molar-refractivity contribution in [2.24, 2.45) is 5.92 Å². The molecule has 20 heavy (non-hydrogen) atoms. The van der Waals surface area contributed by atoms with E-state index in [1.165, 1.54) is 0 Å². The molecule has 0 spiro atoms. The molecule has 1 heterocycles. The number of rotatable bonds is 7. The highest BCUT2D eigenvalue weighted by Crippen LogP contribution is 2.29. The molecular formula is C12H20N2O5S. The van der Waals surface area contributed by atoms with Crippen LogP contribution in [0.2, 0.25) is 0 Å². The van der Waals surface area contributed by atoms with E-state index in [0.29, 0.717) is 18.9 Å². The van der Waals surface area contributed by atoms with E-state index in [2.05, 4.69) is 5.32 Å². The summed E-state index contributed by atoms with van der Waals surface area (Å²) in [6.45, 7) is 0.467. The smallest absolute Gasteiger partial charge is 0.317 e. The summed E-state index contributed by atoms with van der Waals surface area (Å²) >= 11 is 0. The Kier molecular flexibility index (Phi) is 4.64. The van der Waals surface area contributed by atoms with Crippen LogP contribution in [0, 0.1) is 5.92 Å². The maximum absolute atomic E-state index is 11.9. The van der Waals surface area contributed by atoms with Crippen LogP contribution in [-0.4, -0.2) is 67.5 Å². The zero-order valence-electron chi connectivity index (χ0n) is 11.2. The van der Waals surface area contributed by atoms with Crippen LogP contribution < -0.4 is 5.32 Å². The summed E-state index contributed by atoms with van der Waals surface area (Å²) < 4.78 is 22.6. The lowest BCUT2D eigenvalue weighted by Crippen LogP contribution is -2.44. The number of carbonyl (C=O) groups is 2. The molecule has 0 bridgehead atoms. The summed E-state index contributed by atoms with van der Waals surface area (Å²) in [5, 5.41) is 11.5. The number of hydrogen-bond donors (Lipinski definition) is 2. The van der Waals surface area contributed by atoms with Gasteiger partial charge in [0, 0.05) is 12.6 Å². The molecule has 2 aliphatic rings. The lowest BCUT2D eigenvalue weighted by Gasteiger charge is -2.20. The van der Waals surface area contributed by atoms with E-state index in [1.54, 1.807) is 4.90 Å². The van der Waals surface area contributed by atoms with Crippen molar-refractivity contribution >= 4 is 21.7 Å². The van der Waals surface area contributed by atoms with Gasteiger partial charge in [0.25, 0.3) is 0 Å². The summed E-state index contributed by atoms with van der Waals surface area (Å²) in [6, 6.07) is -0.333. The number of sulfone groups is 1. The Morgan fingerprint density at radius 3 is 2.40 bits per heavy atom. The van der Waals surface area contributed by atoms with Crippen LogP contribution >= 0.6 is 0 Å². The molecule has 1 amide bonds. The molecule has 1 atom stereocenters. The largest absolute Gasteiger partial charge is 0.480 e. The van der Waals surface area contributed by atoms with Crippen LogP contribution in [0.1, 0.15) is 19.3 Å². The average molecular weight is 304 g/mol. The van der Waals surface area contributed by atoms with E-state index in [9.17, 15) is 18.0 Å². The molecule has 1 saturated carbocycles. The van der Waals surface area contributed by atoms with Crippen LogP contribution in [0.5, 0.6) is 0 Å². The fourth-order valence-corrected chi connectivity index (χ4v) is 4.10. The van der Waals surface area contributed by atoms with Gasteiger partial charge < -0.3 is 10.4 Å². The quantitative estimate of drug-likeness (QED) is 0.631. The Labute approximate surface area is 118 Å². The van der Waals surface area contributed by atoms with E-state index in [0.717, 1.165) is 12.8 Å². The maximum atomic E-state index is 11.9. The van der Waals surface area contributed by atoms with E-state index < -0.39 is 15.8 Å². The zero-order chi connectivity index (χ0) is 14.8. The number of carboxylic acids is 1. The van der Waals surface area contributed by atoms with Gasteiger partial charge >= 0.3 is 5.97 Å². The first-order valence-electron chi connectivity index (χ1n) is 6.78. The zero-order valence-corrected chi connectivity index (χ0v) is 12.1. The monoisotopic (exact) mass is 304 g/mol. The fraction of sp³-hybridized carbons (Fsp3) is 0.833. The van der Waals surface area contributed by atoms with Crippen molar-refractivity contribution < 1.29 is 23.1 Å². The molecular weight excluding hydrogens is 284 g/mol. The number of carbonyl (C=O) groups excluding carboxylic acids is 1. The Morgan fingerprint density at radius 2 is 1.90 bits per heavy atom. The first-order valence-corrected chi connectivity index (χ1v) is 8.60. The number of aliphatic carboxylic acids is 1. The van der Waals surface area contributed by atoms with Gasteiger partial charge in [0.15, 0.2) is 9.84 Å². The van der Waals surface area contributed by atoms with Crippen LogP contribution in [0.3, 0.4) is 0 Å². The number of amides is 1. The Balaban J connectivity index is 1.79. The van der Waals surface area contributed by atoms with Crippen molar-refractivity contribution in [3.63, 3.8) is 0 Å². The van der Waals surface area contributed by atoms with Gasteiger partial charge in [-0.1, -0.05) is 0 Å². The highest BCUT2D eigenvalue weighted by molar-refractivity contribution is 7.91. The molecule has 8 heteroatoms. The number of nitrogens with one attached hydrogen (secondary N) is 1. The Morgan fingerprint density at radius 1 is 1.20 bits per heavy atom. The molecule has 2 N–H and O–H groups in total. The van der Waals surface area contributed by atoms with E-state index in [4.69, 9.17) is 5.11 Å². The lowest BCUT2D eigenvalue weighted by molar-refractivity contribution is -0.138. The highest BCUT2D eigenvalue weighted by Gasteiger charge is 2.30. The summed E-state index contributed by atoms with van der Waals surface area (Å²) in [4.78, 5) is 24.2. The molecule has 0 aromatic rings. The van der Waals surface area contributed by atoms with Gasteiger partial charge in [-0.25, -0.2) is 8.42 Å². The van der Waals surface area contributed by atoms with Crippen LogP contribution in [0.25, 0.3) is 0 Å². The molecule has 7 nitrogen and oxygen atoms in total. The number of hydrogen-bond acceptors (Lipinski definition) is 5. The SMILES string of the molecule is O=C(O)CN(CC(=O)NC1CCS(=O)(=O)C1)CC1CC1. The molecule has 2 rings (SSSR count). The minimum atomic E-state index is -3.02. The van der Waals surface area contributed by atoms with Gasteiger partial charge in [-0.3, -0.25) is 14.5 Å². The molecule has 0 radical (unpaired) electrons. The summed E-state index contributed by atoms with van der Waals surface area (Å²) in [5.41, 5.74) is 0. The van der Waals surface area contributed by atoms with E-state index in [-0.39, 0.29) is 36.5 Å². The summed E-state index contributed by atoms with van der Waals surface area (Å²) in [6.07, 6.45) is 2.60. The van der Waals surface area contributed by atoms with Crippen molar-refractivity contribution in [1.29, 1.82) is 0 Å². The summed E-state index contributed by atoms with van der Waals surface area (Å²) in [5.74, 6) is -0.663. The average Bonchev–Trinajstić information content (AvgIpc) is 3.02. The molecule has 114 valence electrons. The van der Waals surface area contributed by atoms with Gasteiger partial charge in [0.1, 0.15) is 0 Å². The fourth-order valence-electron chi connectivity index (χ4n) is 2.43. The summed E-state index contributed by atoms with van der Waals surface area (Å²) in [7, 11) is -3.02. The van der Waals surface area contributed by atoms with Crippen LogP contribution in [0.15, 0.2) is 0 Å². The van der Waals surface area contributed by atoms with Gasteiger partial charge in [-0.2, -0.15) is 0 Å². The van der Waals surface area contributed by atoms with Crippen LogP contribution in [-0.2, 0) is 19.4 Å². The Hall–Kier alpha value is -1.15. The van der Waals surface area contributed by atoms with Crippen molar-refractivity contribution in [1.82, 2.24) is 10.2 Å². The van der Waals surface area contributed by atoms with Crippen LogP contribution in [0.4, 0.5) is 0 Å². The second kappa shape index (κ2) is 6.09. The minimum absolute atomic E-state index is 0.0132. The molecule has 1 aliphatic carbocycles. The second-order valence-electron chi connectivity index (χ2n) is 5.67. The second-order valence-corrected chi connectivity index (χ2v) is 7.90. The third-order valence-corrected chi connectivity index (χ3v) is 5.30. The lowest BCUT2D eigenvalue weighted by atomic mass is 10.2. The first kappa shape index (κ1) is 15.2. The number of nitrogens with zero attached hydrogens (tertiary/aromatic N) is 1. The maximum Gasteiger partial charge on any atom is 0.317 e. The third kappa shape index (κ3) is 5.09. The molecule has 1 unspecified atom stereocenters. The minimum Gasteiger partial charge on any atom is -0.480 e. The predicted octanol–water partition coefficient (Wildman–Crippen LogP) is -0.914. The third-order valence-electron chi connectivity index (χ3n) is 3.54. The normalized spacial score (nSPS) is 24.8. The molecule has 0 aromatic heterocycles. The van der Waals surface area contributed by atoms with Gasteiger partial charge in [0.05, 0.1) is 24.6 Å². The van der Waals surface area contributed by atoms with Crippen molar-refractivity contribution in [2.75, 3.05) is 31.1 Å². The standard InChI is InChI=1S/C12H20N2O5S/c15-11(13-10-3-4-20(18,19)8-10)6-14(7-12(16)17)5-9-1-2-9/h9-10H,1-8H2,(H,13,15)(H,16,17). The predicted molar refractivity (Wildman–Crippen MR) is 72.0 cm³/mol. The van der Waals surface area contributed by atoms with Crippen molar-refractivity contribution in [2.45, 2.75) is 25.3 Å². The van der Waals surface area contributed by atoms with Crippen molar-refractivity contribution in [3.05, 3.63) is 0 Å². The molecule has 0 aromatic carbocycles. The van der Waals surface area contributed by atoms with Gasteiger partial charge in [-0.05, 0) is 25.2 Å². The van der Waals surface area contributed by atoms with E-state index >= 15 is 0 Å². The molecule has 1 saturated heterocycles.